The van der Waals surface area contributed by atoms with Gasteiger partial charge in [-0.25, -0.2) is 0 Å². The van der Waals surface area contributed by atoms with Crippen molar-refractivity contribution >= 4 is 30.4 Å². The molecule has 0 saturated heterocycles. The summed E-state index contributed by atoms with van der Waals surface area (Å²) in [7, 11) is -5.99. The molecule has 2 rings (SSSR count). The average molecular weight is 466 g/mol. The molecule has 0 saturated carbocycles. The van der Waals surface area contributed by atoms with Crippen LogP contribution >= 0.6 is 20.2 Å². The molecule has 0 heterocycles. The monoisotopic (exact) mass is 466 g/mol. The fraction of sp³-hybridized carbons (Fsp3) is 0.0769. The van der Waals surface area contributed by atoms with Crippen LogP contribution in [0.3, 0.4) is 0 Å². The molecule has 0 atom stereocenters. The van der Waals surface area contributed by atoms with Crippen molar-refractivity contribution in [3.8, 4) is 0 Å². The SMILES string of the molecule is O=S(=O)(OI(c1ccccc1F)c1ccccc1F)C(F)(F)F. The van der Waals surface area contributed by atoms with E-state index in [0.29, 0.717) is 0 Å². The van der Waals surface area contributed by atoms with E-state index < -0.39 is 47.5 Å². The van der Waals surface area contributed by atoms with Gasteiger partial charge in [0.1, 0.15) is 0 Å². The second-order valence-corrected chi connectivity index (χ2v) is 10.4. The Kier molecular flexibility index (Phi) is 5.26. The van der Waals surface area contributed by atoms with Crippen LogP contribution in [0, 0.1) is 18.8 Å². The molecule has 0 N–H and O–H groups in total. The van der Waals surface area contributed by atoms with Crippen LogP contribution in [-0.2, 0) is 12.6 Å². The summed E-state index contributed by atoms with van der Waals surface area (Å²) in [6, 6.07) is 9.17. The first-order valence-electron chi connectivity index (χ1n) is 5.84. The van der Waals surface area contributed by atoms with Crippen molar-refractivity contribution in [3.05, 3.63) is 67.3 Å². The van der Waals surface area contributed by atoms with E-state index in [2.05, 4.69) is 2.51 Å². The zero-order chi connectivity index (χ0) is 17.3. The van der Waals surface area contributed by atoms with E-state index in [4.69, 9.17) is 0 Å². The Balaban J connectivity index is 2.59. The second-order valence-electron chi connectivity index (χ2n) is 4.04. The number of halogens is 6. The quantitative estimate of drug-likeness (QED) is 0.384. The molecular weight excluding hydrogens is 458 g/mol. The predicted molar refractivity (Wildman–Crippen MR) is 80.3 cm³/mol. The summed E-state index contributed by atoms with van der Waals surface area (Å²) in [5, 5.41) is 0. The average Bonchev–Trinajstić information content (AvgIpc) is 2.45. The van der Waals surface area contributed by atoms with Gasteiger partial charge in [-0.3, -0.25) is 0 Å². The van der Waals surface area contributed by atoms with Crippen LogP contribution in [0.5, 0.6) is 0 Å². The standard InChI is InChI=1S/C13H8F5IO3S/c14-9-5-1-3-7-11(9)19(12-8-4-2-6-10(12)15)22-23(20,21)13(16,17)18/h1-8H. The van der Waals surface area contributed by atoms with E-state index in [1.54, 1.807) is 0 Å². The van der Waals surface area contributed by atoms with Crippen LogP contribution in [0.1, 0.15) is 0 Å². The summed E-state index contributed by atoms with van der Waals surface area (Å²) in [5.41, 5.74) is -5.68. The Morgan fingerprint density at radius 3 is 1.57 bits per heavy atom. The van der Waals surface area contributed by atoms with Gasteiger partial charge in [-0.1, -0.05) is 0 Å². The molecule has 23 heavy (non-hydrogen) atoms. The van der Waals surface area contributed by atoms with E-state index in [1.807, 2.05) is 0 Å². The normalized spacial score (nSPS) is 13.0. The minimum atomic E-state index is -5.99. The first-order valence-corrected chi connectivity index (χ1v) is 10.3. The van der Waals surface area contributed by atoms with Crippen molar-refractivity contribution in [2.75, 3.05) is 0 Å². The number of hydrogen-bond donors (Lipinski definition) is 0. The second kappa shape index (κ2) is 6.69. The molecule has 0 bridgehead atoms. The van der Waals surface area contributed by atoms with Gasteiger partial charge >= 0.3 is 136 Å². The molecule has 3 nitrogen and oxygen atoms in total. The van der Waals surface area contributed by atoms with Crippen LogP contribution in [0.4, 0.5) is 22.0 Å². The van der Waals surface area contributed by atoms with Crippen molar-refractivity contribution < 1.29 is 32.9 Å². The third kappa shape index (κ3) is 3.98. The number of alkyl halides is 3. The molecule has 0 unspecified atom stereocenters. The number of hydrogen-bond acceptors (Lipinski definition) is 3. The molecule has 10 heteroatoms. The van der Waals surface area contributed by atoms with E-state index in [-0.39, 0.29) is 7.14 Å². The molecule has 0 aliphatic rings. The van der Waals surface area contributed by atoms with Gasteiger partial charge in [0.25, 0.3) is 0 Å². The van der Waals surface area contributed by atoms with Crippen LogP contribution in [0.25, 0.3) is 0 Å². The summed E-state index contributed by atoms with van der Waals surface area (Å²) >= 11 is -4.03. The molecule has 126 valence electrons. The van der Waals surface area contributed by atoms with Gasteiger partial charge in [-0.15, -0.1) is 0 Å². The molecular formula is C13H8F5IO3S. The maximum absolute atomic E-state index is 13.9. The number of rotatable bonds is 4. The molecule has 0 amide bonds. The molecule has 0 radical (unpaired) electrons. The first-order chi connectivity index (χ1) is 10.6. The minimum absolute atomic E-state index is 0.380. The van der Waals surface area contributed by atoms with Gasteiger partial charge in [0.05, 0.1) is 0 Å². The Labute approximate surface area is 136 Å². The molecule has 0 aliphatic carbocycles. The van der Waals surface area contributed by atoms with Crippen LogP contribution in [0.2, 0.25) is 0 Å². The van der Waals surface area contributed by atoms with Gasteiger partial charge < -0.3 is 0 Å². The Morgan fingerprint density at radius 1 is 0.826 bits per heavy atom. The summed E-state index contributed by atoms with van der Waals surface area (Å²) in [6.45, 7) is 0. The van der Waals surface area contributed by atoms with Crippen molar-refractivity contribution in [2.24, 2.45) is 0 Å². The van der Waals surface area contributed by atoms with Gasteiger partial charge in [0.2, 0.25) is 0 Å². The third-order valence-electron chi connectivity index (χ3n) is 2.45. The summed E-state index contributed by atoms with van der Waals surface area (Å²) in [4.78, 5) is 0. The van der Waals surface area contributed by atoms with E-state index in [1.165, 1.54) is 24.3 Å². The first kappa shape index (κ1) is 18.1. The van der Waals surface area contributed by atoms with Gasteiger partial charge in [-0.05, 0) is 0 Å². The summed E-state index contributed by atoms with van der Waals surface area (Å²) in [5.74, 6) is -1.92. The van der Waals surface area contributed by atoms with Crippen molar-refractivity contribution in [1.82, 2.24) is 0 Å². The van der Waals surface area contributed by atoms with Crippen molar-refractivity contribution in [2.45, 2.75) is 5.51 Å². The fourth-order valence-corrected chi connectivity index (χ4v) is 8.01. The van der Waals surface area contributed by atoms with Crippen LogP contribution in [-0.4, -0.2) is 13.9 Å². The maximum atomic E-state index is 13.9. The van der Waals surface area contributed by atoms with E-state index in [0.717, 1.165) is 24.3 Å². The zero-order valence-electron chi connectivity index (χ0n) is 11.0. The topological polar surface area (TPSA) is 43.4 Å². The van der Waals surface area contributed by atoms with Gasteiger partial charge in [0.15, 0.2) is 0 Å². The Hall–Kier alpha value is -1.27. The molecule has 2 aromatic rings. The Bertz CT molecular complexity index is 762. The van der Waals surface area contributed by atoms with Gasteiger partial charge in [-0.2, -0.15) is 0 Å². The predicted octanol–water partition coefficient (Wildman–Crippen LogP) is 4.29. The van der Waals surface area contributed by atoms with Crippen molar-refractivity contribution in [3.63, 3.8) is 0 Å². The van der Waals surface area contributed by atoms with Crippen LogP contribution < -0.4 is 0 Å². The van der Waals surface area contributed by atoms with Crippen molar-refractivity contribution in [1.29, 1.82) is 0 Å². The molecule has 2 aromatic carbocycles. The third-order valence-corrected chi connectivity index (χ3v) is 9.67. The molecule has 0 spiro atoms. The summed E-state index contributed by atoms with van der Waals surface area (Å²) in [6.07, 6.45) is 0. The zero-order valence-corrected chi connectivity index (χ0v) is 14.0. The Morgan fingerprint density at radius 2 is 1.22 bits per heavy atom. The molecule has 0 fully saturated rings. The molecule has 0 aromatic heterocycles. The van der Waals surface area contributed by atoms with E-state index >= 15 is 0 Å². The fourth-order valence-electron chi connectivity index (χ4n) is 1.45. The summed E-state index contributed by atoms with van der Waals surface area (Å²) < 4.78 is 91.5. The van der Waals surface area contributed by atoms with Gasteiger partial charge in [0, 0.05) is 0 Å². The number of benzene rings is 2. The van der Waals surface area contributed by atoms with E-state index in [9.17, 15) is 30.4 Å². The molecule has 0 aliphatic heterocycles. The van der Waals surface area contributed by atoms with Crippen LogP contribution in [0.15, 0.2) is 48.5 Å².